The highest BCUT2D eigenvalue weighted by Crippen LogP contribution is 2.37. The van der Waals surface area contributed by atoms with Crippen molar-refractivity contribution in [1.82, 2.24) is 9.80 Å². The maximum absolute atomic E-state index is 13.3. The number of aliphatic hydroxyl groups excluding tert-OH is 2. The van der Waals surface area contributed by atoms with Crippen LogP contribution >= 0.6 is 0 Å². The number of allylic oxidation sites excluding steroid dienone is 2. The zero-order valence-electron chi connectivity index (χ0n) is 29.8. The van der Waals surface area contributed by atoms with Crippen molar-refractivity contribution in [2.45, 2.75) is 128 Å². The van der Waals surface area contributed by atoms with Crippen molar-refractivity contribution in [3.05, 3.63) is 36.0 Å². The van der Waals surface area contributed by atoms with E-state index in [0.717, 1.165) is 18.7 Å². The summed E-state index contributed by atoms with van der Waals surface area (Å²) in [6, 6.07) is 0. The van der Waals surface area contributed by atoms with Crippen LogP contribution in [0.25, 0.3) is 0 Å². The van der Waals surface area contributed by atoms with Gasteiger partial charge in [-0.3, -0.25) is 4.79 Å². The molecule has 0 spiro atoms. The van der Waals surface area contributed by atoms with Gasteiger partial charge >= 0.3 is 12.1 Å². The average molecular weight is 665 g/mol. The van der Waals surface area contributed by atoms with Crippen molar-refractivity contribution < 1.29 is 43.9 Å². The molecular weight excluding hydrogens is 604 g/mol. The molecule has 0 aromatic heterocycles. The van der Waals surface area contributed by atoms with Crippen LogP contribution in [0.5, 0.6) is 0 Å². The number of hydrogen-bond acceptors (Lipinski definition) is 10. The van der Waals surface area contributed by atoms with Gasteiger partial charge in [-0.2, -0.15) is 0 Å². The maximum Gasteiger partial charge on any atom is 0.410 e. The smallest absolute Gasteiger partial charge is 0.410 e. The van der Waals surface area contributed by atoms with Gasteiger partial charge in [0.25, 0.3) is 0 Å². The third-order valence-electron chi connectivity index (χ3n) is 9.81. The molecule has 3 rings (SSSR count). The number of aliphatic hydroxyl groups is 3. The first kappa shape index (κ1) is 39.2. The Morgan fingerprint density at radius 2 is 1.91 bits per heavy atom. The summed E-state index contributed by atoms with van der Waals surface area (Å²) in [6.45, 7) is 16.2. The van der Waals surface area contributed by atoms with E-state index in [4.69, 9.17) is 18.9 Å². The molecule has 0 saturated carbocycles. The third-order valence-corrected chi connectivity index (χ3v) is 9.81. The van der Waals surface area contributed by atoms with Gasteiger partial charge in [-0.15, -0.1) is 0 Å². The maximum atomic E-state index is 13.3. The summed E-state index contributed by atoms with van der Waals surface area (Å²) in [6.07, 6.45) is 7.06. The predicted octanol–water partition coefficient (Wildman–Crippen LogP) is 4.00. The minimum Gasteiger partial charge on any atom is -0.457 e. The van der Waals surface area contributed by atoms with Gasteiger partial charge in [0.05, 0.1) is 36.4 Å². The van der Waals surface area contributed by atoms with Gasteiger partial charge < -0.3 is 44.1 Å². The van der Waals surface area contributed by atoms with Crippen LogP contribution in [0.3, 0.4) is 0 Å². The Labute approximate surface area is 281 Å². The topological polar surface area (TPSA) is 142 Å². The van der Waals surface area contributed by atoms with Crippen LogP contribution in [0.15, 0.2) is 36.0 Å². The van der Waals surface area contributed by atoms with Crippen LogP contribution in [-0.2, 0) is 23.7 Å². The molecule has 1 amide bonds. The molecule has 1 unspecified atom stereocenters. The number of likely N-dealkylation sites (N-methyl/N-ethyl adjacent to an activating group) is 1. The van der Waals surface area contributed by atoms with Crippen molar-refractivity contribution in [3.63, 3.8) is 0 Å². The quantitative estimate of drug-likeness (QED) is 0.128. The van der Waals surface area contributed by atoms with Crippen LogP contribution in [0, 0.1) is 11.8 Å². The van der Waals surface area contributed by atoms with Crippen LogP contribution in [0.2, 0.25) is 0 Å². The molecule has 11 heteroatoms. The van der Waals surface area contributed by atoms with Crippen molar-refractivity contribution >= 4 is 12.1 Å². The molecule has 2 fully saturated rings. The lowest BCUT2D eigenvalue weighted by atomic mass is 9.88. The van der Waals surface area contributed by atoms with E-state index in [1.165, 1.54) is 0 Å². The second-order valence-corrected chi connectivity index (χ2v) is 14.2. The molecule has 3 heterocycles. The predicted molar refractivity (Wildman–Crippen MR) is 180 cm³/mol. The molecule has 2 saturated heterocycles. The van der Waals surface area contributed by atoms with Crippen molar-refractivity contribution in [2.75, 3.05) is 39.8 Å². The molecule has 3 N–H and O–H groups in total. The fraction of sp³-hybridized carbons (Fsp3) is 0.778. The minimum absolute atomic E-state index is 0.00271. The molecule has 3 aliphatic rings. The van der Waals surface area contributed by atoms with Crippen LogP contribution in [0.1, 0.15) is 80.6 Å². The first-order valence-electron chi connectivity index (χ1n) is 17.3. The Morgan fingerprint density at radius 1 is 1.23 bits per heavy atom. The van der Waals surface area contributed by atoms with Gasteiger partial charge in [-0.25, -0.2) is 4.79 Å². The molecule has 268 valence electrons. The molecule has 0 aromatic carbocycles. The molecular formula is C36H60N2O9. The average Bonchev–Trinajstić information content (AvgIpc) is 3.77. The zero-order chi connectivity index (χ0) is 34.9. The molecule has 10 atom stereocenters. The standard InChI is InChI=1S/C36H60N2O9/c1-9-28(40)26(5)33-29(45-33)23-35(6,43)16-11-12-24(3)32-25(4)13-14-30(46-34(42)38-20-18-37(8)19-21-38)36(7,44-10-2)17-15-27(39)22-31(41)47-32/h11-14,16,25-30,32-33,39-40,43H,9-10,15,17-23H2,1-8H3/b14-13+,16-11+,24-12+/t25-,26+,27+,28-,29+,30-,32+,33+,35?,36+/m0/s1. The second-order valence-electron chi connectivity index (χ2n) is 14.2. The normalized spacial score (nSPS) is 34.8. The Bertz CT molecular complexity index is 1120. The van der Waals surface area contributed by atoms with E-state index in [9.17, 15) is 24.9 Å². The molecule has 47 heavy (non-hydrogen) atoms. The van der Waals surface area contributed by atoms with E-state index in [2.05, 4.69) is 4.90 Å². The van der Waals surface area contributed by atoms with E-state index in [0.29, 0.717) is 39.0 Å². The molecule has 0 aromatic rings. The van der Waals surface area contributed by atoms with E-state index in [1.807, 2.05) is 66.8 Å². The zero-order valence-corrected chi connectivity index (χ0v) is 29.8. The van der Waals surface area contributed by atoms with E-state index in [-0.39, 0.29) is 36.9 Å². The highest BCUT2D eigenvalue weighted by molar-refractivity contribution is 5.70. The number of piperazine rings is 1. The van der Waals surface area contributed by atoms with E-state index >= 15 is 0 Å². The number of epoxide rings is 1. The lowest BCUT2D eigenvalue weighted by molar-refractivity contribution is -0.152. The van der Waals surface area contributed by atoms with Gasteiger partial charge in [0.2, 0.25) is 0 Å². The Kier molecular flexibility index (Phi) is 14.5. The first-order chi connectivity index (χ1) is 22.1. The van der Waals surface area contributed by atoms with Gasteiger partial charge in [-0.05, 0) is 65.7 Å². The van der Waals surface area contributed by atoms with Crippen LogP contribution in [0.4, 0.5) is 4.79 Å². The van der Waals surface area contributed by atoms with E-state index in [1.54, 1.807) is 24.0 Å². The number of amides is 1. The Balaban J connectivity index is 1.79. The van der Waals surface area contributed by atoms with Gasteiger partial charge in [0, 0.05) is 51.0 Å². The summed E-state index contributed by atoms with van der Waals surface area (Å²) >= 11 is 0. The van der Waals surface area contributed by atoms with Gasteiger partial charge in [-0.1, -0.05) is 45.1 Å². The highest BCUT2D eigenvalue weighted by atomic mass is 16.6. The highest BCUT2D eigenvalue weighted by Gasteiger charge is 2.47. The van der Waals surface area contributed by atoms with Crippen molar-refractivity contribution in [2.24, 2.45) is 11.8 Å². The SMILES string of the molecule is CCO[C@]1(C)CC[C@@H](O)CC(=O)O[C@H](/C(C)=C/C=C/C(C)(O)C[C@H]2O[C@@H]2[C@H](C)[C@@H](O)CC)[C@@H](C)/C=C/[C@@H]1OC(=O)N1CCN(C)CC1. The van der Waals surface area contributed by atoms with Crippen molar-refractivity contribution in [1.29, 1.82) is 0 Å². The first-order valence-corrected chi connectivity index (χ1v) is 17.3. The van der Waals surface area contributed by atoms with Gasteiger partial charge in [0.15, 0.2) is 6.10 Å². The molecule has 11 nitrogen and oxygen atoms in total. The molecule has 0 aliphatic carbocycles. The third kappa shape index (κ3) is 11.7. The summed E-state index contributed by atoms with van der Waals surface area (Å²) in [5, 5.41) is 32.0. The number of carbonyl (C=O) groups is 2. The summed E-state index contributed by atoms with van der Waals surface area (Å²) in [4.78, 5) is 30.1. The summed E-state index contributed by atoms with van der Waals surface area (Å²) in [7, 11) is 2.02. The van der Waals surface area contributed by atoms with Crippen molar-refractivity contribution in [3.8, 4) is 0 Å². The number of hydrogen-bond donors (Lipinski definition) is 3. The monoisotopic (exact) mass is 664 g/mol. The summed E-state index contributed by atoms with van der Waals surface area (Å²) in [5.74, 6) is -0.830. The Hall–Kier alpha value is -2.28. The fourth-order valence-corrected chi connectivity index (χ4v) is 6.45. The molecule has 0 radical (unpaired) electrons. The van der Waals surface area contributed by atoms with Gasteiger partial charge in [0.1, 0.15) is 11.7 Å². The van der Waals surface area contributed by atoms with Crippen LogP contribution in [-0.4, -0.2) is 125 Å². The molecule has 0 bridgehead atoms. The number of nitrogens with zero attached hydrogens (tertiary/aromatic N) is 2. The van der Waals surface area contributed by atoms with Crippen LogP contribution < -0.4 is 0 Å². The molecule has 3 aliphatic heterocycles. The number of esters is 1. The largest absolute Gasteiger partial charge is 0.457 e. The lowest BCUT2D eigenvalue weighted by Gasteiger charge is -2.38. The fourth-order valence-electron chi connectivity index (χ4n) is 6.45. The number of ether oxygens (including phenoxy) is 4. The second kappa shape index (κ2) is 17.4. The Morgan fingerprint density at radius 3 is 2.55 bits per heavy atom. The number of carbonyl (C=O) groups excluding carboxylic acids is 2. The summed E-state index contributed by atoms with van der Waals surface area (Å²) < 4.78 is 24.0. The summed E-state index contributed by atoms with van der Waals surface area (Å²) in [5.41, 5.74) is -1.33. The number of rotatable bonds is 11. The van der Waals surface area contributed by atoms with E-state index < -0.39 is 47.7 Å². The minimum atomic E-state index is -1.14. The number of cyclic esters (lactones) is 1. The lowest BCUT2D eigenvalue weighted by Crippen LogP contribution is -2.51.